The maximum Gasteiger partial charge on any atom is 0.213 e. The minimum atomic E-state index is 0.365. The number of pyridine rings is 1. The molecule has 0 amide bonds. The van der Waals surface area contributed by atoms with Gasteiger partial charge in [0.2, 0.25) is 5.88 Å². The average molecular weight is 453 g/mol. The van der Waals surface area contributed by atoms with Crippen LogP contribution in [-0.2, 0) is 13.2 Å². The Morgan fingerprint density at radius 3 is 2.58 bits per heavy atom. The molecular formula is C25H22Cl2N2O2. The van der Waals surface area contributed by atoms with Gasteiger partial charge in [-0.3, -0.25) is 0 Å². The molecule has 3 aromatic carbocycles. The van der Waals surface area contributed by atoms with Gasteiger partial charge in [-0.2, -0.15) is 0 Å². The third-order valence-electron chi connectivity index (χ3n) is 4.86. The Bertz CT molecular complexity index is 1150. The molecule has 158 valence electrons. The standard InChI is InChI=1S/C25H22Cl2N2O2/c26-20-10-8-19(23(27)15-20)17-31-24-11-9-18-5-1-2-6-21(18)22(24)16-28-13-14-30-25-7-3-4-12-29-25/h1-12,15,28H,13-14,16-17H2. The lowest BCUT2D eigenvalue weighted by Crippen LogP contribution is -2.21. The van der Waals surface area contributed by atoms with Crippen molar-refractivity contribution in [1.82, 2.24) is 10.3 Å². The highest BCUT2D eigenvalue weighted by Crippen LogP contribution is 2.30. The summed E-state index contributed by atoms with van der Waals surface area (Å²) >= 11 is 12.3. The Balaban J connectivity index is 1.44. The molecule has 4 nitrogen and oxygen atoms in total. The predicted molar refractivity (Wildman–Crippen MR) is 126 cm³/mol. The molecule has 0 spiro atoms. The number of benzene rings is 3. The smallest absolute Gasteiger partial charge is 0.213 e. The van der Waals surface area contributed by atoms with Crippen LogP contribution in [0.4, 0.5) is 0 Å². The average Bonchev–Trinajstić information content (AvgIpc) is 2.79. The van der Waals surface area contributed by atoms with Crippen molar-refractivity contribution >= 4 is 34.0 Å². The van der Waals surface area contributed by atoms with Crippen molar-refractivity contribution in [2.24, 2.45) is 0 Å². The van der Waals surface area contributed by atoms with Gasteiger partial charge in [-0.1, -0.05) is 65.7 Å². The number of ether oxygens (including phenoxy) is 2. The van der Waals surface area contributed by atoms with Gasteiger partial charge in [0.15, 0.2) is 0 Å². The maximum atomic E-state index is 6.30. The number of nitrogens with one attached hydrogen (secondary N) is 1. The Kier molecular flexibility index (Phi) is 7.26. The second-order valence-electron chi connectivity index (χ2n) is 6.98. The van der Waals surface area contributed by atoms with Gasteiger partial charge in [0.05, 0.1) is 0 Å². The third kappa shape index (κ3) is 5.67. The zero-order chi connectivity index (χ0) is 21.5. The summed E-state index contributed by atoms with van der Waals surface area (Å²) in [7, 11) is 0. The van der Waals surface area contributed by atoms with Crippen LogP contribution in [0.2, 0.25) is 10.0 Å². The maximum absolute atomic E-state index is 6.30. The normalized spacial score (nSPS) is 10.9. The first-order valence-corrected chi connectivity index (χ1v) is 10.8. The van der Waals surface area contributed by atoms with Gasteiger partial charge >= 0.3 is 0 Å². The Morgan fingerprint density at radius 2 is 1.74 bits per heavy atom. The summed E-state index contributed by atoms with van der Waals surface area (Å²) in [5.41, 5.74) is 1.99. The quantitative estimate of drug-likeness (QED) is 0.303. The van der Waals surface area contributed by atoms with Gasteiger partial charge in [0, 0.05) is 46.5 Å². The molecule has 0 aliphatic rings. The number of hydrogen-bond donors (Lipinski definition) is 1. The Hall–Kier alpha value is -2.79. The van der Waals surface area contributed by atoms with E-state index < -0.39 is 0 Å². The topological polar surface area (TPSA) is 43.4 Å². The van der Waals surface area contributed by atoms with E-state index in [0.717, 1.165) is 22.3 Å². The molecule has 1 aromatic heterocycles. The lowest BCUT2D eigenvalue weighted by atomic mass is 10.0. The summed E-state index contributed by atoms with van der Waals surface area (Å²) in [5, 5.41) is 6.97. The van der Waals surface area contributed by atoms with Gasteiger partial charge in [-0.15, -0.1) is 0 Å². The second kappa shape index (κ2) is 10.5. The molecule has 0 unspecified atom stereocenters. The van der Waals surface area contributed by atoms with E-state index in [1.165, 1.54) is 5.39 Å². The van der Waals surface area contributed by atoms with Crippen molar-refractivity contribution in [3.63, 3.8) is 0 Å². The molecule has 4 rings (SSSR count). The molecule has 1 N–H and O–H groups in total. The lowest BCUT2D eigenvalue weighted by molar-refractivity contribution is 0.295. The van der Waals surface area contributed by atoms with Crippen molar-refractivity contribution in [3.8, 4) is 11.6 Å². The number of aromatic nitrogens is 1. The number of rotatable bonds is 9. The van der Waals surface area contributed by atoms with Gasteiger partial charge < -0.3 is 14.8 Å². The zero-order valence-electron chi connectivity index (χ0n) is 16.9. The fourth-order valence-corrected chi connectivity index (χ4v) is 3.76. The molecule has 0 aliphatic heterocycles. The van der Waals surface area contributed by atoms with E-state index in [1.54, 1.807) is 12.3 Å². The van der Waals surface area contributed by atoms with Gasteiger partial charge in [0.1, 0.15) is 19.0 Å². The van der Waals surface area contributed by atoms with E-state index >= 15 is 0 Å². The van der Waals surface area contributed by atoms with Crippen LogP contribution < -0.4 is 14.8 Å². The van der Waals surface area contributed by atoms with Gasteiger partial charge in [-0.05, 0) is 35.0 Å². The molecule has 0 saturated carbocycles. The second-order valence-corrected chi connectivity index (χ2v) is 7.82. The number of halogens is 2. The Morgan fingerprint density at radius 1 is 0.871 bits per heavy atom. The van der Waals surface area contributed by atoms with Crippen LogP contribution in [0.5, 0.6) is 11.6 Å². The Labute approximate surface area is 191 Å². The summed E-state index contributed by atoms with van der Waals surface area (Å²) in [6.07, 6.45) is 1.72. The van der Waals surface area contributed by atoms with Crippen LogP contribution in [0, 0.1) is 0 Å². The van der Waals surface area contributed by atoms with E-state index in [0.29, 0.717) is 42.2 Å². The number of nitrogens with zero attached hydrogens (tertiary/aromatic N) is 1. The largest absolute Gasteiger partial charge is 0.488 e. The minimum Gasteiger partial charge on any atom is -0.488 e. The van der Waals surface area contributed by atoms with Crippen LogP contribution >= 0.6 is 23.2 Å². The van der Waals surface area contributed by atoms with Crippen LogP contribution in [-0.4, -0.2) is 18.1 Å². The first kappa shape index (κ1) is 21.4. The molecule has 0 saturated heterocycles. The van der Waals surface area contributed by atoms with Crippen LogP contribution in [0.25, 0.3) is 10.8 Å². The van der Waals surface area contributed by atoms with E-state index in [4.69, 9.17) is 32.7 Å². The van der Waals surface area contributed by atoms with Crippen molar-refractivity contribution in [1.29, 1.82) is 0 Å². The zero-order valence-corrected chi connectivity index (χ0v) is 18.4. The molecule has 0 radical (unpaired) electrons. The van der Waals surface area contributed by atoms with Gasteiger partial charge in [0.25, 0.3) is 0 Å². The van der Waals surface area contributed by atoms with Crippen molar-refractivity contribution < 1.29 is 9.47 Å². The molecule has 0 atom stereocenters. The number of fused-ring (bicyclic) bond motifs is 1. The molecule has 6 heteroatoms. The van der Waals surface area contributed by atoms with Gasteiger partial charge in [-0.25, -0.2) is 4.98 Å². The van der Waals surface area contributed by atoms with Crippen LogP contribution in [0.3, 0.4) is 0 Å². The van der Waals surface area contributed by atoms with Crippen molar-refractivity contribution in [3.05, 3.63) is 100 Å². The molecule has 31 heavy (non-hydrogen) atoms. The molecular weight excluding hydrogens is 431 g/mol. The lowest BCUT2D eigenvalue weighted by Gasteiger charge is -2.16. The number of hydrogen-bond acceptors (Lipinski definition) is 4. The highest BCUT2D eigenvalue weighted by atomic mass is 35.5. The highest BCUT2D eigenvalue weighted by molar-refractivity contribution is 6.35. The monoisotopic (exact) mass is 452 g/mol. The molecule has 0 bridgehead atoms. The summed E-state index contributed by atoms with van der Waals surface area (Å²) < 4.78 is 11.8. The van der Waals surface area contributed by atoms with E-state index in [2.05, 4.69) is 28.5 Å². The first-order valence-electron chi connectivity index (χ1n) is 10.0. The summed E-state index contributed by atoms with van der Waals surface area (Å²) in [6.45, 7) is 2.22. The fraction of sp³-hybridized carbons (Fsp3) is 0.160. The van der Waals surface area contributed by atoms with E-state index in [9.17, 15) is 0 Å². The van der Waals surface area contributed by atoms with Crippen molar-refractivity contribution in [2.75, 3.05) is 13.2 Å². The molecule has 0 fully saturated rings. The highest BCUT2D eigenvalue weighted by Gasteiger charge is 2.10. The molecule has 1 heterocycles. The van der Waals surface area contributed by atoms with E-state index in [1.807, 2.05) is 48.5 Å². The summed E-state index contributed by atoms with van der Waals surface area (Å²) in [6, 6.07) is 23.4. The molecule has 4 aromatic rings. The van der Waals surface area contributed by atoms with Crippen molar-refractivity contribution in [2.45, 2.75) is 13.2 Å². The summed E-state index contributed by atoms with van der Waals surface area (Å²) in [5.74, 6) is 1.45. The fourth-order valence-electron chi connectivity index (χ4n) is 3.30. The first-order chi connectivity index (χ1) is 15.2. The van der Waals surface area contributed by atoms with Crippen LogP contribution in [0.15, 0.2) is 79.0 Å². The summed E-state index contributed by atoms with van der Waals surface area (Å²) in [4.78, 5) is 4.17. The van der Waals surface area contributed by atoms with Crippen LogP contribution in [0.1, 0.15) is 11.1 Å². The third-order valence-corrected chi connectivity index (χ3v) is 5.45. The predicted octanol–water partition coefficient (Wildman–Crippen LogP) is 6.29. The minimum absolute atomic E-state index is 0.365. The molecule has 0 aliphatic carbocycles. The SMILES string of the molecule is Clc1ccc(COc2ccc3ccccc3c2CNCCOc2ccccn2)c(Cl)c1. The van der Waals surface area contributed by atoms with E-state index in [-0.39, 0.29) is 0 Å².